The van der Waals surface area contributed by atoms with Crippen LogP contribution in [0, 0.1) is 5.82 Å². The standard InChI is InChI=1S/C12H13ClFNO2/c13-10-4-3-9(7-11(10)14)17-6-5-12(16)15-8-1-2-8/h3-4,7-8H,1-2,5-6H2,(H,15,16). The van der Waals surface area contributed by atoms with Crippen molar-refractivity contribution in [2.24, 2.45) is 0 Å². The average molecular weight is 258 g/mol. The monoisotopic (exact) mass is 257 g/mol. The first-order valence-electron chi connectivity index (χ1n) is 5.52. The van der Waals surface area contributed by atoms with Gasteiger partial charge in [0.1, 0.15) is 11.6 Å². The summed E-state index contributed by atoms with van der Waals surface area (Å²) in [5.41, 5.74) is 0. The van der Waals surface area contributed by atoms with Crippen LogP contribution in [0.1, 0.15) is 19.3 Å². The van der Waals surface area contributed by atoms with Crippen LogP contribution in [0.3, 0.4) is 0 Å². The second-order valence-corrected chi connectivity index (χ2v) is 4.42. The zero-order valence-electron chi connectivity index (χ0n) is 9.21. The molecule has 1 fully saturated rings. The second kappa shape index (κ2) is 5.36. The van der Waals surface area contributed by atoms with Crippen LogP contribution in [0.15, 0.2) is 18.2 Å². The molecule has 0 aromatic heterocycles. The molecule has 1 N–H and O–H groups in total. The summed E-state index contributed by atoms with van der Waals surface area (Å²) in [5, 5.41) is 2.91. The Morgan fingerprint density at radius 1 is 1.53 bits per heavy atom. The van der Waals surface area contributed by atoms with E-state index in [1.807, 2.05) is 0 Å². The SMILES string of the molecule is O=C(CCOc1ccc(Cl)c(F)c1)NC1CC1. The molecule has 0 spiro atoms. The fraction of sp³-hybridized carbons (Fsp3) is 0.417. The Morgan fingerprint density at radius 2 is 2.29 bits per heavy atom. The Morgan fingerprint density at radius 3 is 2.94 bits per heavy atom. The van der Waals surface area contributed by atoms with Gasteiger partial charge in [-0.15, -0.1) is 0 Å². The lowest BCUT2D eigenvalue weighted by Crippen LogP contribution is -2.26. The minimum atomic E-state index is -0.522. The number of hydrogen-bond acceptors (Lipinski definition) is 2. The van der Waals surface area contributed by atoms with Gasteiger partial charge in [0, 0.05) is 12.1 Å². The lowest BCUT2D eigenvalue weighted by Gasteiger charge is -2.07. The molecule has 1 aliphatic carbocycles. The van der Waals surface area contributed by atoms with Crippen molar-refractivity contribution in [1.82, 2.24) is 5.32 Å². The number of amides is 1. The molecule has 1 saturated carbocycles. The average Bonchev–Trinajstić information content (AvgIpc) is 3.07. The predicted molar refractivity (Wildman–Crippen MR) is 62.7 cm³/mol. The summed E-state index contributed by atoms with van der Waals surface area (Å²) in [6, 6.07) is 4.57. The molecule has 0 aliphatic heterocycles. The molecule has 1 aromatic carbocycles. The zero-order valence-corrected chi connectivity index (χ0v) is 9.97. The fourth-order valence-electron chi connectivity index (χ4n) is 1.36. The number of nitrogens with one attached hydrogen (secondary N) is 1. The molecule has 3 nitrogen and oxygen atoms in total. The number of hydrogen-bond donors (Lipinski definition) is 1. The fourth-order valence-corrected chi connectivity index (χ4v) is 1.47. The van der Waals surface area contributed by atoms with Crippen molar-refractivity contribution in [1.29, 1.82) is 0 Å². The van der Waals surface area contributed by atoms with Gasteiger partial charge in [-0.25, -0.2) is 4.39 Å². The van der Waals surface area contributed by atoms with Crippen LogP contribution in [-0.2, 0) is 4.79 Å². The van der Waals surface area contributed by atoms with Crippen molar-refractivity contribution < 1.29 is 13.9 Å². The normalized spacial score (nSPS) is 14.5. The highest BCUT2D eigenvalue weighted by Gasteiger charge is 2.22. The largest absolute Gasteiger partial charge is 0.493 e. The van der Waals surface area contributed by atoms with Crippen molar-refractivity contribution in [2.75, 3.05) is 6.61 Å². The van der Waals surface area contributed by atoms with Gasteiger partial charge < -0.3 is 10.1 Å². The highest BCUT2D eigenvalue weighted by Crippen LogP contribution is 2.21. The van der Waals surface area contributed by atoms with Crippen LogP contribution in [-0.4, -0.2) is 18.6 Å². The Bertz CT molecular complexity index is 421. The van der Waals surface area contributed by atoms with E-state index >= 15 is 0 Å². The molecule has 92 valence electrons. The Kier molecular flexibility index (Phi) is 3.84. The van der Waals surface area contributed by atoms with Gasteiger partial charge in [-0.1, -0.05) is 11.6 Å². The van der Waals surface area contributed by atoms with Crippen molar-refractivity contribution in [3.8, 4) is 5.75 Å². The number of halogens is 2. The van der Waals surface area contributed by atoms with Crippen molar-refractivity contribution >= 4 is 17.5 Å². The number of ether oxygens (including phenoxy) is 1. The topological polar surface area (TPSA) is 38.3 Å². The van der Waals surface area contributed by atoms with Gasteiger partial charge in [0.05, 0.1) is 18.1 Å². The van der Waals surface area contributed by atoms with Gasteiger partial charge in [0.15, 0.2) is 0 Å². The van der Waals surface area contributed by atoms with E-state index in [-0.39, 0.29) is 24.0 Å². The van der Waals surface area contributed by atoms with E-state index in [1.54, 1.807) is 6.07 Å². The third kappa shape index (κ3) is 3.89. The Balaban J connectivity index is 1.73. The van der Waals surface area contributed by atoms with Crippen molar-refractivity contribution in [3.63, 3.8) is 0 Å². The van der Waals surface area contributed by atoms with Gasteiger partial charge in [0.25, 0.3) is 0 Å². The molecule has 17 heavy (non-hydrogen) atoms. The van der Waals surface area contributed by atoms with Crippen LogP contribution in [0.4, 0.5) is 4.39 Å². The summed E-state index contributed by atoms with van der Waals surface area (Å²) in [5.74, 6) is -0.167. The molecule has 0 atom stereocenters. The van der Waals surface area contributed by atoms with Gasteiger partial charge in [-0.05, 0) is 25.0 Å². The van der Waals surface area contributed by atoms with Gasteiger partial charge >= 0.3 is 0 Å². The summed E-state index contributed by atoms with van der Waals surface area (Å²) >= 11 is 5.53. The molecule has 1 amide bonds. The minimum absolute atomic E-state index is 0.0260. The van der Waals surface area contributed by atoms with E-state index < -0.39 is 5.82 Å². The summed E-state index contributed by atoms with van der Waals surface area (Å²) in [7, 11) is 0. The van der Waals surface area contributed by atoms with Crippen LogP contribution in [0.25, 0.3) is 0 Å². The number of carbonyl (C=O) groups is 1. The highest BCUT2D eigenvalue weighted by atomic mass is 35.5. The highest BCUT2D eigenvalue weighted by molar-refractivity contribution is 6.30. The first-order chi connectivity index (χ1) is 8.15. The maximum absolute atomic E-state index is 13.1. The molecule has 0 saturated heterocycles. The lowest BCUT2D eigenvalue weighted by molar-refractivity contribution is -0.121. The summed E-state index contributed by atoms with van der Waals surface area (Å²) in [4.78, 5) is 11.3. The number of rotatable bonds is 5. The van der Waals surface area contributed by atoms with Gasteiger partial charge in [0.2, 0.25) is 5.91 Å². The zero-order chi connectivity index (χ0) is 12.3. The van der Waals surface area contributed by atoms with Crippen LogP contribution in [0.5, 0.6) is 5.75 Å². The third-order valence-electron chi connectivity index (χ3n) is 2.43. The van der Waals surface area contributed by atoms with Crippen LogP contribution >= 0.6 is 11.6 Å². The third-order valence-corrected chi connectivity index (χ3v) is 2.74. The van der Waals surface area contributed by atoms with E-state index in [0.717, 1.165) is 12.8 Å². The van der Waals surface area contributed by atoms with Gasteiger partial charge in [-0.3, -0.25) is 4.79 Å². The Labute approximate surface area is 104 Å². The minimum Gasteiger partial charge on any atom is -0.493 e. The predicted octanol–water partition coefficient (Wildman–Crippen LogP) is 2.53. The maximum atomic E-state index is 13.1. The molecule has 2 rings (SSSR count). The summed E-state index contributed by atoms with van der Waals surface area (Å²) in [6.45, 7) is 0.236. The van der Waals surface area contributed by atoms with Crippen molar-refractivity contribution in [3.05, 3.63) is 29.0 Å². The molecule has 0 radical (unpaired) electrons. The van der Waals surface area contributed by atoms with Gasteiger partial charge in [-0.2, -0.15) is 0 Å². The van der Waals surface area contributed by atoms with E-state index in [2.05, 4.69) is 5.32 Å². The molecule has 5 heteroatoms. The molecule has 1 aromatic rings. The molecule has 0 bridgehead atoms. The number of carbonyl (C=O) groups excluding carboxylic acids is 1. The van der Waals surface area contributed by atoms with E-state index in [9.17, 15) is 9.18 Å². The smallest absolute Gasteiger partial charge is 0.223 e. The van der Waals surface area contributed by atoms with E-state index in [4.69, 9.17) is 16.3 Å². The quantitative estimate of drug-likeness (QED) is 0.880. The van der Waals surface area contributed by atoms with Crippen LogP contribution in [0.2, 0.25) is 5.02 Å². The van der Waals surface area contributed by atoms with E-state index in [0.29, 0.717) is 11.8 Å². The second-order valence-electron chi connectivity index (χ2n) is 4.02. The number of benzene rings is 1. The molecule has 1 aliphatic rings. The Hall–Kier alpha value is -1.29. The van der Waals surface area contributed by atoms with Crippen molar-refractivity contribution in [2.45, 2.75) is 25.3 Å². The molecular weight excluding hydrogens is 245 g/mol. The van der Waals surface area contributed by atoms with E-state index in [1.165, 1.54) is 12.1 Å². The lowest BCUT2D eigenvalue weighted by atomic mass is 10.3. The summed E-state index contributed by atoms with van der Waals surface area (Å²) in [6.07, 6.45) is 2.41. The molecule has 0 unspecified atom stereocenters. The maximum Gasteiger partial charge on any atom is 0.223 e. The summed E-state index contributed by atoms with van der Waals surface area (Å²) < 4.78 is 18.3. The molecule has 0 heterocycles. The first-order valence-corrected chi connectivity index (χ1v) is 5.90. The molecular formula is C12H13ClFNO2. The first kappa shape index (κ1) is 12.2. The van der Waals surface area contributed by atoms with Crippen LogP contribution < -0.4 is 10.1 Å².